The van der Waals surface area contributed by atoms with Gasteiger partial charge in [0.05, 0.1) is 23.5 Å². The highest BCUT2D eigenvalue weighted by molar-refractivity contribution is 6.30. The number of benzene rings is 1. The molecule has 0 amide bonds. The fourth-order valence-electron chi connectivity index (χ4n) is 4.50. The summed E-state index contributed by atoms with van der Waals surface area (Å²) in [6, 6.07) is 9.00. The maximum atomic E-state index is 9.16. The van der Waals surface area contributed by atoms with Crippen molar-refractivity contribution in [3.63, 3.8) is 0 Å². The normalized spacial score (nSPS) is 15.9. The van der Waals surface area contributed by atoms with Crippen LogP contribution in [0.3, 0.4) is 0 Å². The molecule has 0 spiro atoms. The molecule has 0 aromatic heterocycles. The van der Waals surface area contributed by atoms with E-state index in [4.69, 9.17) is 22.1 Å². The fourth-order valence-corrected chi connectivity index (χ4v) is 4.50. The molecule has 1 unspecified atom stereocenters. The highest BCUT2D eigenvalue weighted by atomic mass is 15.0. The number of nitriles is 1. The Hall–Kier alpha value is -4.31. The number of allylic oxidation sites excluding steroid dienone is 3. The van der Waals surface area contributed by atoms with Gasteiger partial charge < -0.3 is 22.1 Å². The van der Waals surface area contributed by atoms with Crippen LogP contribution in [0, 0.1) is 22.7 Å². The Morgan fingerprint density at radius 3 is 2.30 bits per heavy atom. The Balaban J connectivity index is 2.29. The maximum Gasteiger partial charge on any atom is 0.141 e. The summed E-state index contributed by atoms with van der Waals surface area (Å²) in [4.78, 5) is 4.65. The summed E-state index contributed by atoms with van der Waals surface area (Å²) >= 11 is 0. The molecule has 1 aliphatic rings. The van der Waals surface area contributed by atoms with Crippen molar-refractivity contribution in [2.75, 3.05) is 5.32 Å². The van der Waals surface area contributed by atoms with Crippen LogP contribution in [0.4, 0.5) is 5.69 Å². The number of aliphatic imine (C=N–C) groups is 1. The van der Waals surface area contributed by atoms with Crippen LogP contribution in [-0.2, 0) is 0 Å². The third kappa shape index (κ3) is 8.11. The number of hydrogen-bond donors (Lipinski definition) is 5. The highest BCUT2D eigenvalue weighted by Gasteiger charge is 2.27. The van der Waals surface area contributed by atoms with Crippen LogP contribution in [-0.4, -0.2) is 23.5 Å². The summed E-state index contributed by atoms with van der Waals surface area (Å²) < 4.78 is 0. The molecule has 0 heterocycles. The van der Waals surface area contributed by atoms with Crippen molar-refractivity contribution < 1.29 is 0 Å². The molecule has 1 aromatic carbocycles. The van der Waals surface area contributed by atoms with Crippen molar-refractivity contribution in [1.29, 1.82) is 10.7 Å². The van der Waals surface area contributed by atoms with Crippen molar-refractivity contribution in [1.82, 2.24) is 5.32 Å². The predicted molar refractivity (Wildman–Crippen MR) is 157 cm³/mol. The van der Waals surface area contributed by atoms with E-state index in [1.807, 2.05) is 30.3 Å². The van der Waals surface area contributed by atoms with Crippen molar-refractivity contribution in [3.05, 3.63) is 97.7 Å². The molecule has 1 saturated carbocycles. The second-order valence-electron chi connectivity index (χ2n) is 9.11. The van der Waals surface area contributed by atoms with E-state index in [9.17, 15) is 0 Å². The van der Waals surface area contributed by atoms with E-state index in [-0.39, 0.29) is 17.8 Å². The van der Waals surface area contributed by atoms with Gasteiger partial charge in [-0.25, -0.2) is 0 Å². The van der Waals surface area contributed by atoms with E-state index >= 15 is 0 Å². The van der Waals surface area contributed by atoms with E-state index in [0.717, 1.165) is 24.2 Å². The summed E-state index contributed by atoms with van der Waals surface area (Å²) in [7, 11) is 0. The third-order valence-corrected chi connectivity index (χ3v) is 6.40. The minimum atomic E-state index is -0.253. The van der Waals surface area contributed by atoms with Crippen molar-refractivity contribution in [2.45, 2.75) is 51.1 Å². The molecule has 7 heteroatoms. The Bertz CT molecular complexity index is 1130. The SMILES string of the molecule is C=CC(C=C)N=C(/C=C\N)C(=C)NC(C(=C)Nc1ccc(/C(C(=N)C#N)=C(\C)N)cc1)C1CCCCC1. The van der Waals surface area contributed by atoms with Gasteiger partial charge in [0.15, 0.2) is 0 Å². The van der Waals surface area contributed by atoms with Gasteiger partial charge in [0.2, 0.25) is 0 Å². The average Bonchev–Trinajstić information content (AvgIpc) is 2.90. The van der Waals surface area contributed by atoms with Crippen LogP contribution < -0.4 is 22.1 Å². The topological polar surface area (TPSA) is 136 Å². The first-order valence-electron chi connectivity index (χ1n) is 12.4. The largest absolute Gasteiger partial charge is 0.405 e. The van der Waals surface area contributed by atoms with E-state index in [1.165, 1.54) is 25.5 Å². The quantitative estimate of drug-likeness (QED) is 0.180. The van der Waals surface area contributed by atoms with Gasteiger partial charge in [-0.2, -0.15) is 5.26 Å². The Morgan fingerprint density at radius 1 is 1.16 bits per heavy atom. The lowest BCUT2D eigenvalue weighted by Gasteiger charge is -2.34. The standard InChI is InChI=1S/C30H39N7/c1-6-25(7-2)37-28(17-18-31)21(4)36-30(24-11-9-8-10-12-24)22(5)35-26-15-13-23(14-16-26)29(20(3)33)27(34)19-32/h6-7,13-18,24-25,30,34-36H,1-2,4-5,8-12,31,33H2,3H3/b18-17-,29-20-,34-27?,37-28?. The molecule has 1 fully saturated rings. The van der Waals surface area contributed by atoms with E-state index in [0.29, 0.717) is 34.2 Å². The lowest BCUT2D eigenvalue weighted by atomic mass is 9.82. The first-order valence-corrected chi connectivity index (χ1v) is 12.4. The fraction of sp³-hybridized carbons (Fsp3) is 0.300. The van der Waals surface area contributed by atoms with Gasteiger partial charge in [-0.1, -0.05) is 56.7 Å². The minimum Gasteiger partial charge on any atom is -0.405 e. The molecule has 7 N–H and O–H groups in total. The molecule has 194 valence electrons. The number of nitrogens with one attached hydrogen (secondary N) is 3. The summed E-state index contributed by atoms with van der Waals surface area (Å²) in [5.74, 6) is 0.382. The highest BCUT2D eigenvalue weighted by Crippen LogP contribution is 2.30. The third-order valence-electron chi connectivity index (χ3n) is 6.40. The van der Waals surface area contributed by atoms with Gasteiger partial charge in [-0.15, -0.1) is 13.2 Å². The van der Waals surface area contributed by atoms with E-state index in [1.54, 1.807) is 25.2 Å². The average molecular weight is 498 g/mol. The van der Waals surface area contributed by atoms with Crippen LogP contribution in [0.5, 0.6) is 0 Å². The molecule has 0 bridgehead atoms. The second-order valence-corrected chi connectivity index (χ2v) is 9.11. The summed E-state index contributed by atoms with van der Waals surface area (Å²) in [6.07, 6.45) is 12.3. The van der Waals surface area contributed by atoms with Gasteiger partial charge >= 0.3 is 0 Å². The van der Waals surface area contributed by atoms with E-state index < -0.39 is 0 Å². The van der Waals surface area contributed by atoms with Crippen LogP contribution in [0.2, 0.25) is 0 Å². The number of rotatable bonds is 13. The number of anilines is 1. The Labute approximate surface area is 221 Å². The first kappa shape index (κ1) is 28.9. The molecule has 7 nitrogen and oxygen atoms in total. The zero-order chi connectivity index (χ0) is 27.4. The molecular formula is C30H39N7. The molecule has 0 radical (unpaired) electrons. The van der Waals surface area contributed by atoms with Crippen LogP contribution in [0.25, 0.3) is 5.57 Å². The van der Waals surface area contributed by atoms with Crippen molar-refractivity contribution in [3.8, 4) is 6.07 Å². The van der Waals surface area contributed by atoms with Crippen molar-refractivity contribution >= 4 is 22.7 Å². The van der Waals surface area contributed by atoms with Crippen LogP contribution >= 0.6 is 0 Å². The Morgan fingerprint density at radius 2 is 1.78 bits per heavy atom. The van der Waals surface area contributed by atoms with Gasteiger partial charge in [-0.3, -0.25) is 10.4 Å². The van der Waals surface area contributed by atoms with Gasteiger partial charge in [0.1, 0.15) is 11.8 Å². The first-order chi connectivity index (χ1) is 17.7. The number of hydrogen-bond acceptors (Lipinski definition) is 7. The van der Waals surface area contributed by atoms with Crippen LogP contribution in [0.1, 0.15) is 44.6 Å². The number of nitrogens with two attached hydrogens (primary N) is 2. The maximum absolute atomic E-state index is 9.16. The van der Waals surface area contributed by atoms with Gasteiger partial charge in [-0.05, 0) is 55.7 Å². The molecule has 1 aromatic rings. The van der Waals surface area contributed by atoms with Crippen molar-refractivity contribution in [2.24, 2.45) is 22.4 Å². The molecule has 2 rings (SSSR count). The van der Waals surface area contributed by atoms with Gasteiger partial charge in [0, 0.05) is 22.7 Å². The number of nitrogens with zero attached hydrogens (tertiary/aromatic N) is 2. The zero-order valence-electron chi connectivity index (χ0n) is 21.8. The molecule has 1 aliphatic carbocycles. The molecule has 1 atom stereocenters. The zero-order valence-corrected chi connectivity index (χ0v) is 21.8. The monoisotopic (exact) mass is 497 g/mol. The lowest BCUT2D eigenvalue weighted by Crippen LogP contribution is -2.41. The van der Waals surface area contributed by atoms with Crippen LogP contribution in [0.15, 0.2) is 97.1 Å². The summed E-state index contributed by atoms with van der Waals surface area (Å²) in [5.41, 5.74) is 16.0. The lowest BCUT2D eigenvalue weighted by molar-refractivity contribution is 0.306. The van der Waals surface area contributed by atoms with Gasteiger partial charge in [0.25, 0.3) is 0 Å². The Kier molecular flexibility index (Phi) is 11.2. The molecule has 0 saturated heterocycles. The molecular weight excluding hydrogens is 458 g/mol. The summed E-state index contributed by atoms with van der Waals surface area (Å²) in [6.45, 7) is 17.9. The minimum absolute atomic E-state index is 0.0803. The molecule has 0 aliphatic heterocycles. The predicted octanol–water partition coefficient (Wildman–Crippen LogP) is 5.55. The van der Waals surface area contributed by atoms with E-state index in [2.05, 4.69) is 41.9 Å². The summed E-state index contributed by atoms with van der Waals surface area (Å²) in [5, 5.41) is 24.1. The molecule has 37 heavy (non-hydrogen) atoms. The second kappa shape index (κ2) is 14.3. The smallest absolute Gasteiger partial charge is 0.141 e.